The van der Waals surface area contributed by atoms with E-state index in [-0.39, 0.29) is 0 Å². The van der Waals surface area contributed by atoms with E-state index in [1.807, 2.05) is 12.1 Å². The standard InChI is InChI=1S/C31H42F3N3O3S/c1-8-20-11-13-22(23(9-2)37-20)25-14-19-10-12-21(15-24(19)41-25)39-17-30(7,31(32,33)34)18-40-27(38)29(5,6)26(35)16-28(3,4)36/h10-15,26H,8-9,16-18,35-36H2,1-7H3. The summed E-state index contributed by atoms with van der Waals surface area (Å²) in [4.78, 5) is 18.6. The second-order valence-electron chi connectivity index (χ2n) is 12.3. The molecule has 0 saturated carbocycles. The zero-order chi connectivity index (χ0) is 30.8. The Bertz CT molecular complexity index is 1360. The lowest BCUT2D eigenvalue weighted by atomic mass is 9.79. The van der Waals surface area contributed by atoms with Crippen LogP contribution >= 0.6 is 11.3 Å². The van der Waals surface area contributed by atoms with Crippen molar-refractivity contribution in [2.45, 2.75) is 85.5 Å². The predicted molar refractivity (Wildman–Crippen MR) is 159 cm³/mol. The summed E-state index contributed by atoms with van der Waals surface area (Å²) >= 11 is 1.54. The molecule has 3 aromatic rings. The average Bonchev–Trinajstić information content (AvgIpc) is 3.31. The molecular weight excluding hydrogens is 551 g/mol. The largest absolute Gasteiger partial charge is 0.492 e. The normalized spacial score (nSPS) is 15.0. The first-order valence-electron chi connectivity index (χ1n) is 13.8. The Labute approximate surface area is 244 Å². The van der Waals surface area contributed by atoms with Crippen molar-refractivity contribution in [3.63, 3.8) is 0 Å². The summed E-state index contributed by atoms with van der Waals surface area (Å²) in [5, 5.41) is 0.964. The van der Waals surface area contributed by atoms with Crippen molar-refractivity contribution in [2.24, 2.45) is 22.3 Å². The molecule has 41 heavy (non-hydrogen) atoms. The molecule has 0 radical (unpaired) electrons. The minimum absolute atomic E-state index is 0.294. The molecule has 0 fully saturated rings. The van der Waals surface area contributed by atoms with Crippen LogP contribution in [0.15, 0.2) is 36.4 Å². The third-order valence-corrected chi connectivity index (χ3v) is 8.58. The third-order valence-electron chi connectivity index (χ3n) is 7.45. The van der Waals surface area contributed by atoms with Crippen LogP contribution in [0, 0.1) is 10.8 Å². The maximum atomic E-state index is 14.2. The molecule has 0 spiro atoms. The molecule has 1 aromatic carbocycles. The smallest absolute Gasteiger partial charge is 0.400 e. The van der Waals surface area contributed by atoms with Gasteiger partial charge in [-0.05, 0) is 95.7 Å². The molecule has 0 bridgehead atoms. The van der Waals surface area contributed by atoms with Gasteiger partial charge >= 0.3 is 12.1 Å². The molecule has 2 unspecified atom stereocenters. The predicted octanol–water partition coefficient (Wildman–Crippen LogP) is 7.06. The molecule has 226 valence electrons. The van der Waals surface area contributed by atoms with Crippen molar-refractivity contribution < 1.29 is 27.4 Å². The summed E-state index contributed by atoms with van der Waals surface area (Å²) in [5.41, 5.74) is 11.0. The van der Waals surface area contributed by atoms with Crippen LogP contribution in [0.4, 0.5) is 13.2 Å². The van der Waals surface area contributed by atoms with Crippen molar-refractivity contribution in [1.82, 2.24) is 4.98 Å². The zero-order valence-corrected chi connectivity index (χ0v) is 25.8. The first kappa shape index (κ1) is 32.8. The highest BCUT2D eigenvalue weighted by atomic mass is 32.1. The molecule has 0 amide bonds. The van der Waals surface area contributed by atoms with E-state index < -0.39 is 47.8 Å². The second kappa shape index (κ2) is 12.3. The van der Waals surface area contributed by atoms with Gasteiger partial charge < -0.3 is 20.9 Å². The summed E-state index contributed by atoms with van der Waals surface area (Å²) in [6.45, 7) is 10.1. The molecule has 4 N–H and O–H groups in total. The molecule has 0 saturated heterocycles. The number of halogens is 3. The Morgan fingerprint density at radius 2 is 1.68 bits per heavy atom. The summed E-state index contributed by atoms with van der Waals surface area (Å²) in [6.07, 6.45) is -2.75. The van der Waals surface area contributed by atoms with Crippen LogP contribution < -0.4 is 16.2 Å². The first-order valence-corrected chi connectivity index (χ1v) is 14.7. The van der Waals surface area contributed by atoms with E-state index in [2.05, 4.69) is 26.0 Å². The molecule has 2 heterocycles. The number of carbonyl (C=O) groups excluding carboxylic acids is 1. The van der Waals surface area contributed by atoms with E-state index in [1.165, 1.54) is 11.3 Å². The highest BCUT2D eigenvalue weighted by Crippen LogP contribution is 2.41. The van der Waals surface area contributed by atoms with E-state index >= 15 is 0 Å². The van der Waals surface area contributed by atoms with Gasteiger partial charge in [-0.15, -0.1) is 11.3 Å². The van der Waals surface area contributed by atoms with Crippen molar-refractivity contribution in [3.05, 3.63) is 47.8 Å². The maximum absolute atomic E-state index is 14.2. The van der Waals surface area contributed by atoms with Crippen LogP contribution in [-0.4, -0.2) is 41.9 Å². The van der Waals surface area contributed by atoms with Gasteiger partial charge in [-0.3, -0.25) is 9.78 Å². The first-order chi connectivity index (χ1) is 18.9. The average molecular weight is 594 g/mol. The Hall–Kier alpha value is -2.69. The van der Waals surface area contributed by atoms with Crippen molar-refractivity contribution in [2.75, 3.05) is 13.2 Å². The lowest BCUT2D eigenvalue weighted by Crippen LogP contribution is -2.51. The SMILES string of the molecule is CCc1ccc(-c2cc3ccc(OCC(C)(COC(=O)C(C)(C)C(N)CC(C)(C)N)C(F)(F)F)cc3s2)c(CC)n1. The lowest BCUT2D eigenvalue weighted by Gasteiger charge is -2.36. The number of thiophene rings is 1. The number of pyridine rings is 1. The Morgan fingerprint density at radius 3 is 2.27 bits per heavy atom. The third kappa shape index (κ3) is 7.78. The van der Waals surface area contributed by atoms with E-state index in [1.54, 1.807) is 39.8 Å². The number of ether oxygens (including phenoxy) is 2. The summed E-state index contributed by atoms with van der Waals surface area (Å²) in [6, 6.07) is 10.7. The minimum atomic E-state index is -4.69. The van der Waals surface area contributed by atoms with Gasteiger partial charge in [0.05, 0.1) is 5.41 Å². The Balaban J connectivity index is 1.76. The molecule has 2 aromatic heterocycles. The summed E-state index contributed by atoms with van der Waals surface area (Å²) in [7, 11) is 0. The maximum Gasteiger partial charge on any atom is 0.400 e. The van der Waals surface area contributed by atoms with Crippen LogP contribution in [0.1, 0.15) is 66.3 Å². The monoisotopic (exact) mass is 593 g/mol. The topological polar surface area (TPSA) is 100 Å². The van der Waals surface area contributed by atoms with Crippen LogP contribution in [-0.2, 0) is 22.4 Å². The van der Waals surface area contributed by atoms with Crippen molar-refractivity contribution >= 4 is 27.4 Å². The quantitative estimate of drug-likeness (QED) is 0.218. The minimum Gasteiger partial charge on any atom is -0.492 e. The zero-order valence-electron chi connectivity index (χ0n) is 24.9. The van der Waals surface area contributed by atoms with Gasteiger partial charge in [0.15, 0.2) is 0 Å². The molecule has 6 nitrogen and oxygen atoms in total. The van der Waals surface area contributed by atoms with Crippen LogP contribution in [0.3, 0.4) is 0 Å². The number of hydrogen-bond donors (Lipinski definition) is 2. The number of fused-ring (bicyclic) bond motifs is 1. The molecular formula is C31H42F3N3O3S. The van der Waals surface area contributed by atoms with Gasteiger partial charge in [-0.2, -0.15) is 13.2 Å². The number of aryl methyl sites for hydroxylation is 2. The molecule has 0 aliphatic heterocycles. The second-order valence-corrected chi connectivity index (χ2v) is 13.3. The Kier molecular flexibility index (Phi) is 9.82. The molecule has 0 aliphatic rings. The molecule has 10 heteroatoms. The van der Waals surface area contributed by atoms with E-state index in [0.29, 0.717) is 12.2 Å². The molecule has 0 aliphatic carbocycles. The fraction of sp³-hybridized carbons (Fsp3) is 0.548. The van der Waals surface area contributed by atoms with Gasteiger partial charge in [0.25, 0.3) is 0 Å². The number of nitrogens with zero attached hydrogens (tertiary/aromatic N) is 1. The number of benzene rings is 1. The van der Waals surface area contributed by atoms with E-state index in [4.69, 9.17) is 25.9 Å². The molecule has 3 rings (SSSR count). The number of rotatable bonds is 12. The fourth-order valence-corrected chi connectivity index (χ4v) is 5.44. The number of alkyl halides is 3. The number of esters is 1. The van der Waals surface area contributed by atoms with Gasteiger partial charge in [0.2, 0.25) is 0 Å². The van der Waals surface area contributed by atoms with E-state index in [9.17, 15) is 18.0 Å². The van der Waals surface area contributed by atoms with Crippen molar-refractivity contribution in [3.8, 4) is 16.2 Å². The highest BCUT2D eigenvalue weighted by molar-refractivity contribution is 7.22. The van der Waals surface area contributed by atoms with Gasteiger partial charge in [0, 0.05) is 38.1 Å². The number of carbonyl (C=O) groups is 1. The summed E-state index contributed by atoms with van der Waals surface area (Å²) < 4.78 is 54.3. The van der Waals surface area contributed by atoms with Gasteiger partial charge in [-0.25, -0.2) is 0 Å². The molecule has 2 atom stereocenters. The van der Waals surface area contributed by atoms with Crippen LogP contribution in [0.5, 0.6) is 5.75 Å². The van der Waals surface area contributed by atoms with Gasteiger partial charge in [-0.1, -0.05) is 13.8 Å². The van der Waals surface area contributed by atoms with Crippen molar-refractivity contribution in [1.29, 1.82) is 0 Å². The van der Waals surface area contributed by atoms with Crippen LogP contribution in [0.2, 0.25) is 0 Å². The number of aromatic nitrogens is 1. The summed E-state index contributed by atoms with van der Waals surface area (Å²) in [5.74, 6) is -0.513. The lowest BCUT2D eigenvalue weighted by molar-refractivity contribution is -0.242. The number of nitrogens with two attached hydrogens (primary N) is 2. The number of hydrogen-bond acceptors (Lipinski definition) is 7. The van der Waals surface area contributed by atoms with E-state index in [0.717, 1.165) is 51.7 Å². The Morgan fingerprint density at radius 1 is 1.00 bits per heavy atom. The highest BCUT2D eigenvalue weighted by Gasteiger charge is 2.53. The van der Waals surface area contributed by atoms with Crippen LogP contribution in [0.25, 0.3) is 20.5 Å². The van der Waals surface area contributed by atoms with Gasteiger partial charge in [0.1, 0.15) is 24.4 Å². The fourth-order valence-electron chi connectivity index (χ4n) is 4.30.